The summed E-state index contributed by atoms with van der Waals surface area (Å²) in [6.45, 7) is 10.8. The number of amides is 2. The monoisotopic (exact) mass is 520 g/mol. The topological polar surface area (TPSA) is 110 Å². The third-order valence-corrected chi connectivity index (χ3v) is 6.28. The van der Waals surface area contributed by atoms with Gasteiger partial charge in [-0.25, -0.2) is 9.59 Å². The van der Waals surface area contributed by atoms with Crippen LogP contribution in [-0.2, 0) is 23.9 Å². The lowest BCUT2D eigenvalue weighted by atomic mass is 9.98. The molecule has 9 nitrogen and oxygen atoms in total. The van der Waals surface area contributed by atoms with Gasteiger partial charge in [0.25, 0.3) is 0 Å². The van der Waals surface area contributed by atoms with Crippen molar-refractivity contribution in [3.63, 3.8) is 0 Å². The largest absolute Gasteiger partial charge is 0.444 e. The predicted molar refractivity (Wildman–Crippen MR) is 126 cm³/mol. The second kappa shape index (κ2) is 10.8. The summed E-state index contributed by atoms with van der Waals surface area (Å²) >= 11 is 12.4. The van der Waals surface area contributed by atoms with Gasteiger partial charge in [-0.1, -0.05) is 0 Å². The van der Waals surface area contributed by atoms with Gasteiger partial charge in [-0.2, -0.15) is 0 Å². The SMILES string of the molecule is CC(C)(C)OC(=O)N1CCC[C@H]1C(=O)C(Cl)C(=O)C(Cl)C(=O)[C@@H]1CCCN1C(=O)OC(C)(C)C. The zero-order valence-corrected chi connectivity index (χ0v) is 22.1. The van der Waals surface area contributed by atoms with Gasteiger partial charge in [0.05, 0.1) is 12.1 Å². The average molecular weight is 521 g/mol. The van der Waals surface area contributed by atoms with E-state index in [1.165, 1.54) is 9.80 Å². The van der Waals surface area contributed by atoms with Crippen LogP contribution in [0.25, 0.3) is 0 Å². The van der Waals surface area contributed by atoms with E-state index in [9.17, 15) is 24.0 Å². The molecule has 0 radical (unpaired) electrons. The minimum atomic E-state index is -1.71. The third kappa shape index (κ3) is 7.07. The normalized spacial score (nSPS) is 22.8. The highest BCUT2D eigenvalue weighted by Gasteiger charge is 2.46. The number of halogens is 2. The number of carbonyl (C=O) groups is 5. The molecule has 0 aromatic rings. The number of hydrogen-bond acceptors (Lipinski definition) is 7. The van der Waals surface area contributed by atoms with Crippen molar-refractivity contribution in [1.82, 2.24) is 9.80 Å². The molecular formula is C23H34Cl2N2O7. The lowest BCUT2D eigenvalue weighted by Crippen LogP contribution is -2.51. The molecule has 2 unspecified atom stereocenters. The third-order valence-electron chi connectivity index (χ3n) is 5.42. The minimum absolute atomic E-state index is 0.291. The first-order valence-corrected chi connectivity index (χ1v) is 12.3. The van der Waals surface area contributed by atoms with Crippen molar-refractivity contribution in [2.75, 3.05) is 13.1 Å². The van der Waals surface area contributed by atoms with Crippen LogP contribution in [0.3, 0.4) is 0 Å². The molecule has 2 amide bonds. The van der Waals surface area contributed by atoms with E-state index in [0.717, 1.165) is 0 Å². The van der Waals surface area contributed by atoms with Crippen LogP contribution in [0.2, 0.25) is 0 Å². The maximum Gasteiger partial charge on any atom is 0.410 e. The zero-order chi connectivity index (χ0) is 26.0. The molecule has 2 saturated heterocycles. The summed E-state index contributed by atoms with van der Waals surface area (Å²) in [4.78, 5) is 66.3. The molecule has 34 heavy (non-hydrogen) atoms. The van der Waals surface area contributed by atoms with Crippen molar-refractivity contribution in [3.8, 4) is 0 Å². The minimum Gasteiger partial charge on any atom is -0.444 e. The Hall–Kier alpha value is -1.87. The van der Waals surface area contributed by atoms with Gasteiger partial charge in [0.1, 0.15) is 11.2 Å². The van der Waals surface area contributed by atoms with Gasteiger partial charge in [-0.05, 0) is 67.2 Å². The van der Waals surface area contributed by atoms with Crippen LogP contribution in [0, 0.1) is 0 Å². The Morgan fingerprint density at radius 1 is 0.706 bits per heavy atom. The second-order valence-corrected chi connectivity index (χ2v) is 11.5. The molecule has 11 heteroatoms. The van der Waals surface area contributed by atoms with E-state index < -0.39 is 63.6 Å². The summed E-state index contributed by atoms with van der Waals surface area (Å²) in [5, 5.41) is -3.42. The highest BCUT2D eigenvalue weighted by atomic mass is 35.5. The average Bonchev–Trinajstić information content (AvgIpc) is 3.38. The highest BCUT2D eigenvalue weighted by molar-refractivity contribution is 6.52. The number of alkyl halides is 2. The number of nitrogens with zero attached hydrogens (tertiary/aromatic N) is 2. The molecule has 2 aliphatic rings. The Bertz CT molecular complexity index is 768. The molecule has 0 N–H and O–H groups in total. The highest BCUT2D eigenvalue weighted by Crippen LogP contribution is 2.27. The molecule has 0 aliphatic carbocycles. The van der Waals surface area contributed by atoms with Crippen molar-refractivity contribution in [3.05, 3.63) is 0 Å². The smallest absolute Gasteiger partial charge is 0.410 e. The summed E-state index contributed by atoms with van der Waals surface area (Å²) < 4.78 is 10.7. The number of carbonyl (C=O) groups excluding carboxylic acids is 5. The molecule has 2 rings (SSSR count). The molecule has 4 atom stereocenters. The molecule has 192 valence electrons. The molecule has 0 aromatic carbocycles. The van der Waals surface area contributed by atoms with Crippen LogP contribution < -0.4 is 0 Å². The van der Waals surface area contributed by atoms with Gasteiger partial charge in [-0.3, -0.25) is 24.2 Å². The fraction of sp³-hybridized carbons (Fsp3) is 0.783. The Kier molecular flexibility index (Phi) is 9.02. The van der Waals surface area contributed by atoms with E-state index in [-0.39, 0.29) is 0 Å². The number of Topliss-reactive ketones (excluding diaryl/α,β-unsaturated/α-hetero) is 3. The van der Waals surface area contributed by atoms with Gasteiger partial charge < -0.3 is 9.47 Å². The van der Waals surface area contributed by atoms with Crippen molar-refractivity contribution in [1.29, 1.82) is 0 Å². The van der Waals surface area contributed by atoms with Gasteiger partial charge in [0.15, 0.2) is 28.1 Å². The van der Waals surface area contributed by atoms with Crippen molar-refractivity contribution in [2.24, 2.45) is 0 Å². The molecule has 2 fully saturated rings. The van der Waals surface area contributed by atoms with Crippen LogP contribution in [0.15, 0.2) is 0 Å². The number of hydrogen-bond donors (Lipinski definition) is 0. The number of ether oxygens (including phenoxy) is 2. The summed E-state index contributed by atoms with van der Waals surface area (Å²) in [5.41, 5.74) is -1.50. The maximum absolute atomic E-state index is 13.0. The Morgan fingerprint density at radius 3 is 1.32 bits per heavy atom. The number of likely N-dealkylation sites (tertiary alicyclic amines) is 2. The molecule has 2 heterocycles. The molecule has 0 saturated carbocycles. The lowest BCUT2D eigenvalue weighted by molar-refractivity contribution is -0.132. The Labute approximate surface area is 210 Å². The van der Waals surface area contributed by atoms with Crippen LogP contribution in [-0.4, -0.2) is 86.5 Å². The van der Waals surface area contributed by atoms with E-state index in [4.69, 9.17) is 32.7 Å². The quantitative estimate of drug-likeness (QED) is 0.387. The first-order chi connectivity index (χ1) is 15.5. The molecular weight excluding hydrogens is 487 g/mol. The molecule has 0 aromatic heterocycles. The number of ketones is 3. The Balaban J connectivity index is 2.07. The fourth-order valence-corrected chi connectivity index (χ4v) is 4.56. The first-order valence-electron chi connectivity index (χ1n) is 11.4. The molecule has 2 aliphatic heterocycles. The van der Waals surface area contributed by atoms with E-state index >= 15 is 0 Å². The Morgan fingerprint density at radius 2 is 1.03 bits per heavy atom. The maximum atomic E-state index is 13.0. The summed E-state index contributed by atoms with van der Waals surface area (Å²) in [6.07, 6.45) is 0.400. The van der Waals surface area contributed by atoms with Gasteiger partial charge in [0.2, 0.25) is 0 Å². The van der Waals surface area contributed by atoms with Crippen molar-refractivity contribution >= 4 is 52.7 Å². The lowest BCUT2D eigenvalue weighted by Gasteiger charge is -2.29. The number of rotatable bonds is 6. The van der Waals surface area contributed by atoms with Gasteiger partial charge in [0, 0.05) is 13.1 Å². The van der Waals surface area contributed by atoms with E-state index in [1.807, 2.05) is 0 Å². The van der Waals surface area contributed by atoms with Crippen LogP contribution in [0.1, 0.15) is 67.2 Å². The van der Waals surface area contributed by atoms with E-state index in [1.54, 1.807) is 41.5 Å². The fourth-order valence-electron chi connectivity index (χ4n) is 3.95. The molecule has 0 bridgehead atoms. The second-order valence-electron chi connectivity index (χ2n) is 10.6. The first kappa shape index (κ1) is 28.4. The standard InChI is InChI=1S/C23H34Cl2N2O7/c1-22(2,3)33-20(31)26-11-7-9-13(26)17(28)15(24)19(30)16(25)18(29)14-10-8-12-27(14)21(32)34-23(4,5)6/h13-16H,7-12H2,1-6H3/t13-,14-,15?,16?/m0/s1. The van der Waals surface area contributed by atoms with Crippen LogP contribution in [0.4, 0.5) is 9.59 Å². The summed E-state index contributed by atoms with van der Waals surface area (Å²) in [7, 11) is 0. The predicted octanol–water partition coefficient (Wildman–Crippen LogP) is 3.71. The van der Waals surface area contributed by atoms with Crippen LogP contribution >= 0.6 is 23.2 Å². The molecule has 0 spiro atoms. The zero-order valence-electron chi connectivity index (χ0n) is 20.6. The van der Waals surface area contributed by atoms with E-state index in [0.29, 0.717) is 38.8 Å². The summed E-state index contributed by atoms with van der Waals surface area (Å²) in [6, 6.07) is -1.88. The van der Waals surface area contributed by atoms with E-state index in [2.05, 4.69) is 0 Å². The van der Waals surface area contributed by atoms with Crippen LogP contribution in [0.5, 0.6) is 0 Å². The van der Waals surface area contributed by atoms with Crippen molar-refractivity contribution < 1.29 is 33.4 Å². The summed E-state index contributed by atoms with van der Waals surface area (Å²) in [5.74, 6) is -2.38. The van der Waals surface area contributed by atoms with Gasteiger partial charge in [-0.15, -0.1) is 23.2 Å². The van der Waals surface area contributed by atoms with Gasteiger partial charge >= 0.3 is 12.2 Å². The van der Waals surface area contributed by atoms with Crippen molar-refractivity contribution in [2.45, 2.75) is 101 Å².